The van der Waals surface area contributed by atoms with Gasteiger partial charge in [0.1, 0.15) is 0 Å². The number of carbonyl (C=O) groups is 1. The molecule has 3 nitrogen and oxygen atoms in total. The number of amides is 1. The summed E-state index contributed by atoms with van der Waals surface area (Å²) in [7, 11) is 0. The highest BCUT2D eigenvalue weighted by Crippen LogP contribution is 2.28. The normalized spacial score (nSPS) is 29.2. The number of hydrogen-bond donors (Lipinski definition) is 2. The first-order valence-corrected chi connectivity index (χ1v) is 4.32. The maximum Gasteiger partial charge on any atom is 0.237 e. The van der Waals surface area contributed by atoms with Crippen molar-refractivity contribution in [2.75, 3.05) is 0 Å². The fourth-order valence-electron chi connectivity index (χ4n) is 1.10. The molecule has 1 aliphatic rings. The lowest BCUT2D eigenvalue weighted by molar-refractivity contribution is -0.122. The van der Waals surface area contributed by atoms with Crippen molar-refractivity contribution in [1.82, 2.24) is 5.32 Å². The minimum absolute atomic E-state index is 0.0516. The summed E-state index contributed by atoms with van der Waals surface area (Å²) in [6, 6.07) is -0.0522. The molecule has 0 radical (unpaired) electrons. The molecule has 3 heteroatoms. The van der Waals surface area contributed by atoms with Crippen molar-refractivity contribution in [2.45, 2.75) is 31.8 Å². The minimum Gasteiger partial charge on any atom is -0.352 e. The second kappa shape index (κ2) is 3.72. The summed E-state index contributed by atoms with van der Waals surface area (Å²) < 4.78 is 0. The van der Waals surface area contributed by atoms with Crippen LogP contribution in [0.3, 0.4) is 0 Å². The number of rotatable bonds is 4. The van der Waals surface area contributed by atoms with Crippen molar-refractivity contribution in [3.8, 4) is 0 Å². The third-order valence-corrected chi connectivity index (χ3v) is 2.19. The van der Waals surface area contributed by atoms with Crippen LogP contribution in [0.25, 0.3) is 0 Å². The number of nitrogens with two attached hydrogens (primary N) is 1. The zero-order chi connectivity index (χ0) is 9.14. The van der Waals surface area contributed by atoms with E-state index in [2.05, 4.69) is 18.8 Å². The van der Waals surface area contributed by atoms with Crippen molar-refractivity contribution in [1.29, 1.82) is 0 Å². The third kappa shape index (κ3) is 2.34. The van der Waals surface area contributed by atoms with E-state index in [9.17, 15) is 4.79 Å². The van der Waals surface area contributed by atoms with E-state index in [1.165, 1.54) is 0 Å². The second-order valence-electron chi connectivity index (χ2n) is 3.46. The van der Waals surface area contributed by atoms with Crippen LogP contribution in [-0.2, 0) is 4.79 Å². The highest BCUT2D eigenvalue weighted by Gasteiger charge is 2.34. The molecule has 3 unspecified atom stereocenters. The number of hydrogen-bond acceptors (Lipinski definition) is 2. The second-order valence-corrected chi connectivity index (χ2v) is 3.46. The molecule has 1 saturated carbocycles. The predicted molar refractivity (Wildman–Crippen MR) is 48.5 cm³/mol. The monoisotopic (exact) mass is 168 g/mol. The fraction of sp³-hybridized carbons (Fsp3) is 0.667. The Kier molecular flexibility index (Phi) is 2.87. The van der Waals surface area contributed by atoms with Gasteiger partial charge in [-0.15, -0.1) is 6.58 Å². The van der Waals surface area contributed by atoms with E-state index in [4.69, 9.17) is 5.73 Å². The van der Waals surface area contributed by atoms with E-state index in [0.717, 1.165) is 6.42 Å². The van der Waals surface area contributed by atoms with Crippen molar-refractivity contribution in [3.63, 3.8) is 0 Å². The highest BCUT2D eigenvalue weighted by atomic mass is 16.2. The molecule has 0 aliphatic heterocycles. The molecule has 1 rings (SSSR count). The molecular formula is C9H16N2O. The smallest absolute Gasteiger partial charge is 0.237 e. The van der Waals surface area contributed by atoms with Crippen LogP contribution in [0.1, 0.15) is 19.8 Å². The first-order valence-electron chi connectivity index (χ1n) is 4.32. The van der Waals surface area contributed by atoms with Crippen molar-refractivity contribution in [3.05, 3.63) is 12.7 Å². The molecule has 0 spiro atoms. The molecule has 3 atom stereocenters. The third-order valence-electron chi connectivity index (χ3n) is 2.19. The van der Waals surface area contributed by atoms with Crippen LogP contribution < -0.4 is 11.1 Å². The van der Waals surface area contributed by atoms with E-state index in [1.807, 2.05) is 0 Å². The molecule has 1 amide bonds. The van der Waals surface area contributed by atoms with Gasteiger partial charge in [-0.2, -0.15) is 0 Å². The van der Waals surface area contributed by atoms with E-state index in [-0.39, 0.29) is 5.91 Å². The van der Waals surface area contributed by atoms with Crippen LogP contribution >= 0.6 is 0 Å². The summed E-state index contributed by atoms with van der Waals surface area (Å²) in [5, 5.41) is 2.88. The maximum atomic E-state index is 11.2. The van der Waals surface area contributed by atoms with Gasteiger partial charge in [-0.25, -0.2) is 0 Å². The molecule has 1 fully saturated rings. The Morgan fingerprint density at radius 3 is 2.92 bits per heavy atom. The molecule has 0 aromatic carbocycles. The van der Waals surface area contributed by atoms with Gasteiger partial charge in [-0.3, -0.25) is 4.79 Å². The minimum atomic E-state index is -0.421. The predicted octanol–water partition coefficient (Wildman–Crippen LogP) is 0.414. The van der Waals surface area contributed by atoms with Crippen molar-refractivity contribution in [2.24, 2.45) is 11.7 Å². The van der Waals surface area contributed by atoms with Gasteiger partial charge in [-0.1, -0.05) is 13.0 Å². The van der Waals surface area contributed by atoms with Gasteiger partial charge in [-0.05, 0) is 18.8 Å². The van der Waals surface area contributed by atoms with Gasteiger partial charge < -0.3 is 11.1 Å². The van der Waals surface area contributed by atoms with Gasteiger partial charge in [0, 0.05) is 6.04 Å². The van der Waals surface area contributed by atoms with Crippen LogP contribution in [0.4, 0.5) is 0 Å². The average molecular weight is 168 g/mol. The van der Waals surface area contributed by atoms with Crippen LogP contribution in [0.5, 0.6) is 0 Å². The maximum absolute atomic E-state index is 11.2. The van der Waals surface area contributed by atoms with Gasteiger partial charge in [0.2, 0.25) is 5.91 Å². The average Bonchev–Trinajstić information content (AvgIpc) is 2.67. The zero-order valence-electron chi connectivity index (χ0n) is 7.42. The summed E-state index contributed by atoms with van der Waals surface area (Å²) in [5.41, 5.74) is 5.57. The molecular weight excluding hydrogens is 152 g/mol. The summed E-state index contributed by atoms with van der Waals surface area (Å²) in [5.74, 6) is 0.578. The number of nitrogens with one attached hydrogen (secondary N) is 1. The summed E-state index contributed by atoms with van der Waals surface area (Å²) in [6.45, 7) is 5.65. The van der Waals surface area contributed by atoms with Gasteiger partial charge in [0.25, 0.3) is 0 Å². The lowest BCUT2D eigenvalue weighted by Crippen LogP contribution is -2.41. The Bertz CT molecular complexity index is 191. The van der Waals surface area contributed by atoms with E-state index in [0.29, 0.717) is 18.4 Å². The molecule has 0 bridgehead atoms. The zero-order valence-corrected chi connectivity index (χ0v) is 7.42. The van der Waals surface area contributed by atoms with Gasteiger partial charge >= 0.3 is 0 Å². The summed E-state index contributed by atoms with van der Waals surface area (Å²) in [6.07, 6.45) is 3.31. The SMILES string of the molecule is C=CCC(N)C(=O)NC1CC1C. The molecule has 0 saturated heterocycles. The van der Waals surface area contributed by atoms with E-state index >= 15 is 0 Å². The molecule has 0 heterocycles. The van der Waals surface area contributed by atoms with Crippen LogP contribution in [0.15, 0.2) is 12.7 Å². The molecule has 68 valence electrons. The molecule has 1 aliphatic carbocycles. The summed E-state index contributed by atoms with van der Waals surface area (Å²) >= 11 is 0. The van der Waals surface area contributed by atoms with Crippen molar-refractivity contribution < 1.29 is 4.79 Å². The lowest BCUT2D eigenvalue weighted by Gasteiger charge is -2.09. The fourth-order valence-corrected chi connectivity index (χ4v) is 1.10. The standard InChI is InChI=1S/C9H16N2O/c1-3-4-7(10)9(12)11-8-5-6(8)2/h3,6-8H,1,4-5,10H2,2H3,(H,11,12). The Balaban J connectivity index is 2.22. The Hall–Kier alpha value is -0.830. The number of carbonyl (C=O) groups excluding carboxylic acids is 1. The molecule has 0 aromatic heterocycles. The Labute approximate surface area is 73.0 Å². The quantitative estimate of drug-likeness (QED) is 0.597. The molecule has 12 heavy (non-hydrogen) atoms. The van der Waals surface area contributed by atoms with Gasteiger partial charge in [0.05, 0.1) is 6.04 Å². The highest BCUT2D eigenvalue weighted by molar-refractivity contribution is 5.82. The van der Waals surface area contributed by atoms with Gasteiger partial charge in [0.15, 0.2) is 0 Å². The van der Waals surface area contributed by atoms with Crippen LogP contribution in [0, 0.1) is 5.92 Å². The Morgan fingerprint density at radius 2 is 2.50 bits per heavy atom. The van der Waals surface area contributed by atoms with E-state index in [1.54, 1.807) is 6.08 Å². The van der Waals surface area contributed by atoms with Crippen molar-refractivity contribution >= 4 is 5.91 Å². The first kappa shape index (κ1) is 9.26. The lowest BCUT2D eigenvalue weighted by atomic mass is 10.2. The largest absolute Gasteiger partial charge is 0.352 e. The molecule has 0 aromatic rings. The van der Waals surface area contributed by atoms with E-state index < -0.39 is 6.04 Å². The van der Waals surface area contributed by atoms with Crippen LogP contribution in [0.2, 0.25) is 0 Å². The Morgan fingerprint density at radius 1 is 1.92 bits per heavy atom. The first-order chi connectivity index (χ1) is 5.65. The molecule has 3 N–H and O–H groups in total. The summed E-state index contributed by atoms with van der Waals surface area (Å²) in [4.78, 5) is 11.2. The topological polar surface area (TPSA) is 55.1 Å². The van der Waals surface area contributed by atoms with Crippen LogP contribution in [-0.4, -0.2) is 18.0 Å².